The second-order valence-electron chi connectivity index (χ2n) is 2.44. The van der Waals surface area contributed by atoms with Crippen LogP contribution >= 0.6 is 0 Å². The molecule has 1 aromatic heterocycles. The number of rotatable bonds is 3. The number of nitrogens with zero attached hydrogens (tertiary/aromatic N) is 2. The molecule has 1 N–H and O–H groups in total. The summed E-state index contributed by atoms with van der Waals surface area (Å²) in [6.45, 7) is 0. The third kappa shape index (κ3) is 3.34. The van der Waals surface area contributed by atoms with Crippen LogP contribution in [-0.2, 0) is 4.79 Å². The van der Waals surface area contributed by atoms with Crippen molar-refractivity contribution in [3.63, 3.8) is 0 Å². The SMILES string of the molecule is N#CCCC(=O)Nc1ccncc1. The summed E-state index contributed by atoms with van der Waals surface area (Å²) in [5.74, 6) is -0.146. The van der Waals surface area contributed by atoms with Gasteiger partial charge in [-0.2, -0.15) is 5.26 Å². The first kappa shape index (κ1) is 9.20. The molecule has 0 radical (unpaired) electrons. The van der Waals surface area contributed by atoms with E-state index in [0.29, 0.717) is 5.69 Å². The van der Waals surface area contributed by atoms with Crippen molar-refractivity contribution >= 4 is 11.6 Å². The zero-order valence-electron chi connectivity index (χ0n) is 7.03. The van der Waals surface area contributed by atoms with E-state index in [-0.39, 0.29) is 18.7 Å². The number of amides is 1. The van der Waals surface area contributed by atoms with Gasteiger partial charge in [0.15, 0.2) is 0 Å². The highest BCUT2D eigenvalue weighted by atomic mass is 16.1. The molecule has 1 heterocycles. The zero-order chi connectivity index (χ0) is 9.52. The van der Waals surface area contributed by atoms with Crippen molar-refractivity contribution in [2.75, 3.05) is 5.32 Å². The monoisotopic (exact) mass is 175 g/mol. The van der Waals surface area contributed by atoms with Gasteiger partial charge in [0, 0.05) is 30.9 Å². The molecular formula is C9H9N3O. The summed E-state index contributed by atoms with van der Waals surface area (Å²) in [4.78, 5) is 14.9. The van der Waals surface area contributed by atoms with Crippen LogP contribution in [0.2, 0.25) is 0 Å². The van der Waals surface area contributed by atoms with Gasteiger partial charge in [-0.1, -0.05) is 0 Å². The minimum atomic E-state index is -0.146. The Labute approximate surface area is 76.2 Å². The molecule has 4 heteroatoms. The standard InChI is InChI=1S/C9H9N3O/c10-5-1-2-9(13)12-8-3-6-11-7-4-8/h3-4,6-7H,1-2H2,(H,11,12,13). The van der Waals surface area contributed by atoms with Gasteiger partial charge in [0.25, 0.3) is 0 Å². The summed E-state index contributed by atoms with van der Waals surface area (Å²) in [5, 5.41) is 10.9. The first-order valence-electron chi connectivity index (χ1n) is 3.90. The van der Waals surface area contributed by atoms with E-state index in [0.717, 1.165) is 0 Å². The molecule has 0 fully saturated rings. The van der Waals surface area contributed by atoms with Gasteiger partial charge in [-0.25, -0.2) is 0 Å². The number of nitriles is 1. The quantitative estimate of drug-likeness (QED) is 0.753. The van der Waals surface area contributed by atoms with Gasteiger partial charge in [-0.05, 0) is 12.1 Å². The van der Waals surface area contributed by atoms with Crippen LogP contribution in [0.25, 0.3) is 0 Å². The molecule has 1 aromatic rings. The molecule has 0 saturated heterocycles. The molecule has 66 valence electrons. The second kappa shape index (κ2) is 4.88. The van der Waals surface area contributed by atoms with Gasteiger partial charge in [0.2, 0.25) is 5.91 Å². The number of pyridine rings is 1. The maximum Gasteiger partial charge on any atom is 0.225 e. The summed E-state index contributed by atoms with van der Waals surface area (Å²) in [5.41, 5.74) is 0.706. The lowest BCUT2D eigenvalue weighted by atomic mass is 10.3. The van der Waals surface area contributed by atoms with Crippen LogP contribution < -0.4 is 5.32 Å². The molecule has 4 nitrogen and oxygen atoms in total. The van der Waals surface area contributed by atoms with Crippen molar-refractivity contribution in [3.05, 3.63) is 24.5 Å². The molecule has 1 amide bonds. The number of carbonyl (C=O) groups is 1. The Hall–Kier alpha value is -1.89. The first-order valence-corrected chi connectivity index (χ1v) is 3.90. The number of aromatic nitrogens is 1. The zero-order valence-corrected chi connectivity index (χ0v) is 7.03. The maximum atomic E-state index is 11.1. The fourth-order valence-electron chi connectivity index (χ4n) is 0.828. The van der Waals surface area contributed by atoms with Crippen molar-refractivity contribution in [1.82, 2.24) is 4.98 Å². The summed E-state index contributed by atoms with van der Waals surface area (Å²) in [6, 6.07) is 5.31. The molecule has 0 bridgehead atoms. The third-order valence-electron chi connectivity index (χ3n) is 1.43. The van der Waals surface area contributed by atoms with E-state index in [1.807, 2.05) is 6.07 Å². The highest BCUT2D eigenvalue weighted by Gasteiger charge is 1.99. The van der Waals surface area contributed by atoms with Crippen LogP contribution in [0.5, 0.6) is 0 Å². The van der Waals surface area contributed by atoms with Crippen LogP contribution in [0.1, 0.15) is 12.8 Å². The number of hydrogen-bond acceptors (Lipinski definition) is 3. The summed E-state index contributed by atoms with van der Waals surface area (Å²) < 4.78 is 0. The molecule has 0 aliphatic carbocycles. The molecular weight excluding hydrogens is 166 g/mol. The Bertz CT molecular complexity index is 315. The van der Waals surface area contributed by atoms with E-state index in [4.69, 9.17) is 5.26 Å². The lowest BCUT2D eigenvalue weighted by Gasteiger charge is -2.01. The van der Waals surface area contributed by atoms with Crippen LogP contribution in [0.4, 0.5) is 5.69 Å². The van der Waals surface area contributed by atoms with E-state index in [9.17, 15) is 4.79 Å². The van der Waals surface area contributed by atoms with E-state index in [1.54, 1.807) is 24.5 Å². The van der Waals surface area contributed by atoms with E-state index >= 15 is 0 Å². The summed E-state index contributed by atoms with van der Waals surface area (Å²) in [7, 11) is 0. The number of nitrogens with one attached hydrogen (secondary N) is 1. The molecule has 0 aromatic carbocycles. The van der Waals surface area contributed by atoms with Crippen molar-refractivity contribution in [2.45, 2.75) is 12.8 Å². The predicted molar refractivity (Wildman–Crippen MR) is 47.7 cm³/mol. The van der Waals surface area contributed by atoms with Gasteiger partial charge in [0.05, 0.1) is 6.07 Å². The predicted octanol–water partition coefficient (Wildman–Crippen LogP) is 1.32. The van der Waals surface area contributed by atoms with Crippen molar-refractivity contribution < 1.29 is 4.79 Å². The molecule has 0 atom stereocenters. The van der Waals surface area contributed by atoms with Gasteiger partial charge in [0.1, 0.15) is 0 Å². The topological polar surface area (TPSA) is 65.8 Å². The van der Waals surface area contributed by atoms with Crippen LogP contribution in [0.3, 0.4) is 0 Å². The number of anilines is 1. The highest BCUT2D eigenvalue weighted by molar-refractivity contribution is 5.90. The van der Waals surface area contributed by atoms with Gasteiger partial charge >= 0.3 is 0 Å². The average molecular weight is 175 g/mol. The average Bonchev–Trinajstić information content (AvgIpc) is 2.16. The van der Waals surface area contributed by atoms with Gasteiger partial charge in [-0.3, -0.25) is 9.78 Å². The molecule has 1 rings (SSSR count). The third-order valence-corrected chi connectivity index (χ3v) is 1.43. The van der Waals surface area contributed by atoms with Crippen molar-refractivity contribution in [3.8, 4) is 6.07 Å². The molecule has 0 unspecified atom stereocenters. The van der Waals surface area contributed by atoms with Crippen LogP contribution in [-0.4, -0.2) is 10.9 Å². The van der Waals surface area contributed by atoms with Gasteiger partial charge in [-0.15, -0.1) is 0 Å². The normalized spacial score (nSPS) is 8.85. The van der Waals surface area contributed by atoms with Crippen LogP contribution in [0.15, 0.2) is 24.5 Å². The number of hydrogen-bond donors (Lipinski definition) is 1. The second-order valence-corrected chi connectivity index (χ2v) is 2.44. The minimum absolute atomic E-state index is 0.146. The smallest absolute Gasteiger partial charge is 0.225 e. The summed E-state index contributed by atoms with van der Waals surface area (Å²) >= 11 is 0. The summed E-state index contributed by atoms with van der Waals surface area (Å²) in [6.07, 6.45) is 3.68. The van der Waals surface area contributed by atoms with Crippen molar-refractivity contribution in [1.29, 1.82) is 5.26 Å². The lowest BCUT2D eigenvalue weighted by Crippen LogP contribution is -2.10. The van der Waals surface area contributed by atoms with E-state index in [2.05, 4.69) is 10.3 Å². The van der Waals surface area contributed by atoms with Gasteiger partial charge < -0.3 is 5.32 Å². The Kier molecular flexibility index (Phi) is 3.45. The fourth-order valence-corrected chi connectivity index (χ4v) is 0.828. The maximum absolute atomic E-state index is 11.1. The Balaban J connectivity index is 2.42. The van der Waals surface area contributed by atoms with E-state index in [1.165, 1.54) is 0 Å². The fraction of sp³-hybridized carbons (Fsp3) is 0.222. The first-order chi connectivity index (χ1) is 6.33. The Morgan fingerprint density at radius 2 is 2.23 bits per heavy atom. The highest BCUT2D eigenvalue weighted by Crippen LogP contribution is 2.03. The largest absolute Gasteiger partial charge is 0.326 e. The molecule has 13 heavy (non-hydrogen) atoms. The Morgan fingerprint density at radius 3 is 2.85 bits per heavy atom. The molecule has 0 saturated carbocycles. The molecule has 0 aliphatic rings. The number of carbonyl (C=O) groups excluding carboxylic acids is 1. The van der Waals surface area contributed by atoms with Crippen LogP contribution in [0, 0.1) is 11.3 Å². The van der Waals surface area contributed by atoms with E-state index < -0.39 is 0 Å². The molecule has 0 spiro atoms. The Morgan fingerprint density at radius 1 is 1.54 bits per heavy atom. The minimum Gasteiger partial charge on any atom is -0.326 e. The van der Waals surface area contributed by atoms with Crippen molar-refractivity contribution in [2.24, 2.45) is 0 Å². The molecule has 0 aliphatic heterocycles. The lowest BCUT2D eigenvalue weighted by molar-refractivity contribution is -0.116.